The van der Waals surface area contributed by atoms with Crippen LogP contribution in [0.25, 0.3) is 0 Å². The van der Waals surface area contributed by atoms with Gasteiger partial charge in [0.2, 0.25) is 0 Å². The Hall–Kier alpha value is -1.85. The highest BCUT2D eigenvalue weighted by atomic mass is 16.4. The van der Waals surface area contributed by atoms with Crippen molar-refractivity contribution in [1.29, 1.82) is 0 Å². The van der Waals surface area contributed by atoms with Crippen molar-refractivity contribution in [2.24, 2.45) is 13.0 Å². The number of carbonyl (C=O) groups is 2. The van der Waals surface area contributed by atoms with Gasteiger partial charge in [0.25, 0.3) is 5.91 Å². The second kappa shape index (κ2) is 5.87. The molecule has 1 heterocycles. The summed E-state index contributed by atoms with van der Waals surface area (Å²) >= 11 is 0. The van der Waals surface area contributed by atoms with Crippen LogP contribution in [0.15, 0.2) is 6.07 Å². The van der Waals surface area contributed by atoms with E-state index in [-0.39, 0.29) is 5.69 Å². The van der Waals surface area contributed by atoms with Crippen molar-refractivity contribution in [2.45, 2.75) is 51.5 Å². The molecule has 0 atom stereocenters. The van der Waals surface area contributed by atoms with E-state index in [0.29, 0.717) is 18.8 Å². The quantitative estimate of drug-likeness (QED) is 0.887. The molecule has 0 saturated heterocycles. The van der Waals surface area contributed by atoms with Gasteiger partial charge in [-0.1, -0.05) is 13.3 Å². The van der Waals surface area contributed by atoms with Crippen LogP contribution >= 0.6 is 0 Å². The lowest BCUT2D eigenvalue weighted by atomic mass is 9.75. The van der Waals surface area contributed by atoms with Crippen LogP contribution in [-0.2, 0) is 11.8 Å². The summed E-state index contributed by atoms with van der Waals surface area (Å²) in [5.41, 5.74) is -0.0128. The van der Waals surface area contributed by atoms with Gasteiger partial charge in [-0.3, -0.25) is 9.48 Å². The van der Waals surface area contributed by atoms with Gasteiger partial charge in [0, 0.05) is 12.7 Å². The summed E-state index contributed by atoms with van der Waals surface area (Å²) in [6.45, 7) is 3.97. The predicted molar refractivity (Wildman–Crippen MR) is 78.0 cm³/mol. The molecule has 1 amide bonds. The van der Waals surface area contributed by atoms with E-state index in [1.54, 1.807) is 17.8 Å². The monoisotopic (exact) mass is 293 g/mol. The number of nitrogens with zero attached hydrogens (tertiary/aromatic N) is 2. The van der Waals surface area contributed by atoms with Gasteiger partial charge in [-0.25, -0.2) is 4.79 Å². The third-order valence-corrected chi connectivity index (χ3v) is 4.64. The maximum atomic E-state index is 12.3. The van der Waals surface area contributed by atoms with Gasteiger partial charge in [-0.15, -0.1) is 0 Å². The van der Waals surface area contributed by atoms with E-state index in [1.165, 1.54) is 0 Å². The van der Waals surface area contributed by atoms with Crippen LogP contribution < -0.4 is 5.32 Å². The van der Waals surface area contributed by atoms with E-state index >= 15 is 0 Å². The summed E-state index contributed by atoms with van der Waals surface area (Å²) in [5, 5.41) is 16.4. The molecule has 21 heavy (non-hydrogen) atoms. The van der Waals surface area contributed by atoms with Crippen LogP contribution in [0.3, 0.4) is 0 Å². The molecule has 1 fully saturated rings. The number of aromatic nitrogens is 2. The Morgan fingerprint density at radius 1 is 1.48 bits per heavy atom. The number of carboxylic acids is 1. The molecule has 2 N–H and O–H groups in total. The second-order valence-corrected chi connectivity index (χ2v) is 5.99. The first-order valence-corrected chi connectivity index (χ1v) is 7.44. The molecular weight excluding hydrogens is 270 g/mol. The lowest BCUT2D eigenvalue weighted by Crippen LogP contribution is -2.56. The van der Waals surface area contributed by atoms with Crippen LogP contribution in [0, 0.1) is 12.8 Å². The minimum atomic E-state index is -1.14. The Morgan fingerprint density at radius 3 is 2.52 bits per heavy atom. The number of carbonyl (C=O) groups excluding carboxylic acids is 1. The Kier molecular flexibility index (Phi) is 4.34. The largest absolute Gasteiger partial charge is 0.480 e. The summed E-state index contributed by atoms with van der Waals surface area (Å²) in [7, 11) is 1.76. The SMILES string of the molecule is CCC1CCC(NC(=O)c2cc(C)n(C)n2)(C(=O)O)CC1. The molecular formula is C15H23N3O3. The third-order valence-electron chi connectivity index (χ3n) is 4.64. The van der Waals surface area contributed by atoms with E-state index in [2.05, 4.69) is 17.3 Å². The molecule has 1 aromatic rings. The van der Waals surface area contributed by atoms with Crippen molar-refractivity contribution in [3.63, 3.8) is 0 Å². The van der Waals surface area contributed by atoms with Crippen molar-refractivity contribution in [1.82, 2.24) is 15.1 Å². The highest BCUT2D eigenvalue weighted by Gasteiger charge is 2.43. The minimum Gasteiger partial charge on any atom is -0.480 e. The fourth-order valence-corrected chi connectivity index (χ4v) is 2.92. The van der Waals surface area contributed by atoms with Crippen LogP contribution in [-0.4, -0.2) is 32.3 Å². The molecule has 116 valence electrons. The molecule has 1 aliphatic carbocycles. The predicted octanol–water partition coefficient (Wildman–Crippen LogP) is 1.88. The Labute approximate surface area is 124 Å². The van der Waals surface area contributed by atoms with Crippen LogP contribution in [0.2, 0.25) is 0 Å². The number of hydrogen-bond acceptors (Lipinski definition) is 3. The molecule has 0 aromatic carbocycles. The van der Waals surface area contributed by atoms with Crippen molar-refractivity contribution >= 4 is 11.9 Å². The topological polar surface area (TPSA) is 84.2 Å². The first-order valence-electron chi connectivity index (χ1n) is 7.44. The zero-order valence-electron chi connectivity index (χ0n) is 12.8. The maximum absolute atomic E-state index is 12.3. The van der Waals surface area contributed by atoms with Crippen LogP contribution in [0.4, 0.5) is 0 Å². The van der Waals surface area contributed by atoms with Gasteiger partial charge in [0.05, 0.1) is 0 Å². The van der Waals surface area contributed by atoms with Gasteiger partial charge in [0.15, 0.2) is 0 Å². The summed E-state index contributed by atoms with van der Waals surface area (Å²) in [6.07, 6.45) is 3.70. The molecule has 1 aromatic heterocycles. The van der Waals surface area contributed by atoms with E-state index in [4.69, 9.17) is 0 Å². The van der Waals surface area contributed by atoms with Gasteiger partial charge >= 0.3 is 5.97 Å². The number of carboxylic acid groups (broad SMARTS) is 1. The molecule has 1 saturated carbocycles. The lowest BCUT2D eigenvalue weighted by molar-refractivity contribution is -0.146. The van der Waals surface area contributed by atoms with E-state index in [9.17, 15) is 14.7 Å². The van der Waals surface area contributed by atoms with Gasteiger partial charge in [-0.2, -0.15) is 5.10 Å². The number of aryl methyl sites for hydroxylation is 2. The van der Waals surface area contributed by atoms with Crippen molar-refractivity contribution in [2.75, 3.05) is 0 Å². The molecule has 0 aliphatic heterocycles. The fraction of sp³-hybridized carbons (Fsp3) is 0.667. The summed E-state index contributed by atoms with van der Waals surface area (Å²) < 4.78 is 1.61. The average Bonchev–Trinajstić information content (AvgIpc) is 2.79. The molecule has 0 bridgehead atoms. The number of rotatable bonds is 4. The summed E-state index contributed by atoms with van der Waals surface area (Å²) in [4.78, 5) is 24.0. The van der Waals surface area contributed by atoms with Gasteiger partial charge < -0.3 is 10.4 Å². The van der Waals surface area contributed by atoms with Crippen molar-refractivity contribution in [3.05, 3.63) is 17.5 Å². The minimum absolute atomic E-state index is 0.272. The van der Waals surface area contributed by atoms with Gasteiger partial charge in [-0.05, 0) is 44.6 Å². The summed E-state index contributed by atoms with van der Waals surface area (Å²) in [6, 6.07) is 1.67. The lowest BCUT2D eigenvalue weighted by Gasteiger charge is -2.37. The maximum Gasteiger partial charge on any atom is 0.329 e. The molecule has 6 nitrogen and oxygen atoms in total. The zero-order chi connectivity index (χ0) is 15.6. The summed E-state index contributed by atoms with van der Waals surface area (Å²) in [5.74, 6) is -0.791. The number of amides is 1. The average molecular weight is 293 g/mol. The molecule has 0 unspecified atom stereocenters. The number of nitrogens with one attached hydrogen (secondary N) is 1. The molecule has 1 aliphatic rings. The third kappa shape index (κ3) is 3.09. The normalized spacial score (nSPS) is 25.6. The Balaban J connectivity index is 2.13. The Morgan fingerprint density at radius 2 is 2.10 bits per heavy atom. The molecule has 0 spiro atoms. The van der Waals surface area contributed by atoms with E-state index in [0.717, 1.165) is 25.0 Å². The highest BCUT2D eigenvalue weighted by Crippen LogP contribution is 2.34. The fourth-order valence-electron chi connectivity index (χ4n) is 2.92. The molecule has 0 radical (unpaired) electrons. The smallest absolute Gasteiger partial charge is 0.329 e. The van der Waals surface area contributed by atoms with E-state index < -0.39 is 17.4 Å². The number of aliphatic carboxylic acids is 1. The Bertz CT molecular complexity index is 523. The molecule has 2 rings (SSSR count). The van der Waals surface area contributed by atoms with E-state index in [1.807, 2.05) is 6.92 Å². The second-order valence-electron chi connectivity index (χ2n) is 5.99. The van der Waals surface area contributed by atoms with Crippen LogP contribution in [0.1, 0.15) is 55.2 Å². The zero-order valence-corrected chi connectivity index (χ0v) is 12.8. The van der Waals surface area contributed by atoms with Crippen molar-refractivity contribution in [3.8, 4) is 0 Å². The standard InChI is InChI=1S/C15H23N3O3/c1-4-11-5-7-15(8-6-11,14(20)21)16-13(19)12-9-10(2)18(3)17-12/h9,11H,4-8H2,1-3H3,(H,16,19)(H,20,21). The van der Waals surface area contributed by atoms with Crippen LogP contribution in [0.5, 0.6) is 0 Å². The number of hydrogen-bond donors (Lipinski definition) is 2. The first kappa shape index (κ1) is 15.5. The highest BCUT2D eigenvalue weighted by molar-refractivity contribution is 5.96. The van der Waals surface area contributed by atoms with Crippen molar-refractivity contribution < 1.29 is 14.7 Å². The molecule has 6 heteroatoms. The first-order chi connectivity index (χ1) is 9.88. The van der Waals surface area contributed by atoms with Gasteiger partial charge in [0.1, 0.15) is 11.2 Å².